The van der Waals surface area contributed by atoms with Crippen LogP contribution in [0.4, 0.5) is 4.39 Å². The van der Waals surface area contributed by atoms with Crippen LogP contribution in [0, 0.1) is 0 Å². The molecule has 1 aliphatic heterocycles. The number of pyridine rings is 1. The smallest absolute Gasteiger partial charge is 0.183 e. The molecule has 0 bridgehead atoms. The third-order valence-electron chi connectivity index (χ3n) is 3.41. The van der Waals surface area contributed by atoms with Gasteiger partial charge in [0.1, 0.15) is 11.4 Å². The predicted octanol–water partition coefficient (Wildman–Crippen LogP) is 1.01. The first kappa shape index (κ1) is 14.0. The molecule has 1 fully saturated rings. The van der Waals surface area contributed by atoms with Crippen LogP contribution in [-0.2, 0) is 6.54 Å². The molecule has 1 atom stereocenters. The number of hydrogen-bond acceptors (Lipinski definition) is 5. The second-order valence-corrected chi connectivity index (χ2v) is 4.76. The van der Waals surface area contributed by atoms with Gasteiger partial charge in [-0.15, -0.1) is 0 Å². The van der Waals surface area contributed by atoms with Crippen molar-refractivity contribution in [3.8, 4) is 11.5 Å². The van der Waals surface area contributed by atoms with E-state index in [1.54, 1.807) is 26.5 Å². The average molecular weight is 270 g/mol. The van der Waals surface area contributed by atoms with Crippen LogP contribution in [-0.4, -0.2) is 54.6 Å². The first-order valence-electron chi connectivity index (χ1n) is 6.20. The Kier molecular flexibility index (Phi) is 4.21. The molecule has 1 aromatic heterocycles. The zero-order valence-electron chi connectivity index (χ0n) is 11.2. The SMILES string of the molecule is COc1ccnc(CN2CCC(F)(CO)C2)c1OC. The molecule has 1 aliphatic rings. The van der Waals surface area contributed by atoms with Crippen molar-refractivity contribution in [2.45, 2.75) is 18.6 Å². The summed E-state index contributed by atoms with van der Waals surface area (Å²) in [4.78, 5) is 6.18. The Bertz CT molecular complexity index is 444. The number of likely N-dealkylation sites (tertiary alicyclic amines) is 1. The third kappa shape index (κ3) is 2.96. The molecule has 106 valence electrons. The van der Waals surface area contributed by atoms with E-state index < -0.39 is 12.3 Å². The summed E-state index contributed by atoms with van der Waals surface area (Å²) in [6.07, 6.45) is 1.98. The van der Waals surface area contributed by atoms with Gasteiger partial charge in [-0.2, -0.15) is 0 Å². The monoisotopic (exact) mass is 270 g/mol. The highest BCUT2D eigenvalue weighted by molar-refractivity contribution is 5.42. The summed E-state index contributed by atoms with van der Waals surface area (Å²) in [6.45, 7) is 0.850. The number of halogens is 1. The van der Waals surface area contributed by atoms with Gasteiger partial charge in [-0.25, -0.2) is 4.39 Å². The average Bonchev–Trinajstić information content (AvgIpc) is 2.80. The van der Waals surface area contributed by atoms with E-state index in [0.717, 1.165) is 0 Å². The maximum Gasteiger partial charge on any atom is 0.183 e. The van der Waals surface area contributed by atoms with Gasteiger partial charge in [0.2, 0.25) is 0 Å². The van der Waals surface area contributed by atoms with Gasteiger partial charge in [-0.3, -0.25) is 9.88 Å². The van der Waals surface area contributed by atoms with Gasteiger partial charge in [-0.1, -0.05) is 0 Å². The lowest BCUT2D eigenvalue weighted by atomic mass is 10.1. The van der Waals surface area contributed by atoms with Crippen molar-refractivity contribution in [3.63, 3.8) is 0 Å². The van der Waals surface area contributed by atoms with Crippen molar-refractivity contribution >= 4 is 0 Å². The summed E-state index contributed by atoms with van der Waals surface area (Å²) < 4.78 is 24.5. The topological polar surface area (TPSA) is 54.8 Å². The molecule has 0 saturated carbocycles. The quantitative estimate of drug-likeness (QED) is 0.865. The Morgan fingerprint density at radius 1 is 1.47 bits per heavy atom. The lowest BCUT2D eigenvalue weighted by Gasteiger charge is -2.19. The highest BCUT2D eigenvalue weighted by Gasteiger charge is 2.38. The molecule has 1 unspecified atom stereocenters. The summed E-state index contributed by atoms with van der Waals surface area (Å²) in [6, 6.07) is 1.72. The fraction of sp³-hybridized carbons (Fsp3) is 0.615. The van der Waals surface area contributed by atoms with Gasteiger partial charge < -0.3 is 14.6 Å². The molecule has 0 spiro atoms. The molecule has 1 aromatic rings. The van der Waals surface area contributed by atoms with Crippen LogP contribution in [0.2, 0.25) is 0 Å². The summed E-state index contributed by atoms with van der Waals surface area (Å²) in [5.74, 6) is 1.19. The number of ether oxygens (including phenoxy) is 2. The van der Waals surface area contributed by atoms with E-state index in [0.29, 0.717) is 36.7 Å². The number of aromatic nitrogens is 1. The van der Waals surface area contributed by atoms with Gasteiger partial charge in [0.25, 0.3) is 0 Å². The molecule has 1 N–H and O–H groups in total. The number of aliphatic hydroxyl groups excluding tert-OH is 1. The Labute approximate surface area is 112 Å². The molecule has 0 aromatic carbocycles. The fourth-order valence-electron chi connectivity index (χ4n) is 2.36. The van der Waals surface area contributed by atoms with Crippen molar-refractivity contribution in [2.24, 2.45) is 0 Å². The molecule has 19 heavy (non-hydrogen) atoms. The molecule has 0 aliphatic carbocycles. The van der Waals surface area contributed by atoms with Crippen LogP contribution in [0.15, 0.2) is 12.3 Å². The molecule has 0 radical (unpaired) electrons. The minimum atomic E-state index is -1.49. The van der Waals surface area contributed by atoms with E-state index in [4.69, 9.17) is 14.6 Å². The van der Waals surface area contributed by atoms with E-state index in [1.165, 1.54) is 0 Å². The molecule has 2 heterocycles. The van der Waals surface area contributed by atoms with E-state index in [9.17, 15) is 4.39 Å². The maximum absolute atomic E-state index is 14.0. The van der Waals surface area contributed by atoms with Crippen molar-refractivity contribution < 1.29 is 19.0 Å². The van der Waals surface area contributed by atoms with E-state index in [-0.39, 0.29) is 6.54 Å². The van der Waals surface area contributed by atoms with Crippen LogP contribution in [0.1, 0.15) is 12.1 Å². The Balaban J connectivity index is 2.12. The van der Waals surface area contributed by atoms with Crippen molar-refractivity contribution in [1.82, 2.24) is 9.88 Å². The van der Waals surface area contributed by atoms with E-state index >= 15 is 0 Å². The second-order valence-electron chi connectivity index (χ2n) is 4.76. The lowest BCUT2D eigenvalue weighted by molar-refractivity contribution is 0.0766. The lowest BCUT2D eigenvalue weighted by Crippen LogP contribution is -2.32. The van der Waals surface area contributed by atoms with E-state index in [2.05, 4.69) is 4.98 Å². The Morgan fingerprint density at radius 3 is 2.84 bits per heavy atom. The summed E-state index contributed by atoms with van der Waals surface area (Å²) in [7, 11) is 3.12. The minimum Gasteiger partial charge on any atom is -0.493 e. The summed E-state index contributed by atoms with van der Waals surface area (Å²) >= 11 is 0. The second kappa shape index (κ2) is 5.71. The van der Waals surface area contributed by atoms with Crippen LogP contribution < -0.4 is 9.47 Å². The van der Waals surface area contributed by atoms with Crippen LogP contribution in [0.5, 0.6) is 11.5 Å². The van der Waals surface area contributed by atoms with Crippen molar-refractivity contribution in [3.05, 3.63) is 18.0 Å². The summed E-state index contributed by atoms with van der Waals surface area (Å²) in [5.41, 5.74) is -0.782. The van der Waals surface area contributed by atoms with Gasteiger partial charge in [0.05, 0.1) is 20.8 Å². The number of hydrogen-bond donors (Lipinski definition) is 1. The molecule has 0 amide bonds. The van der Waals surface area contributed by atoms with Crippen LogP contribution >= 0.6 is 0 Å². The van der Waals surface area contributed by atoms with Crippen LogP contribution in [0.3, 0.4) is 0 Å². The van der Waals surface area contributed by atoms with Crippen molar-refractivity contribution in [1.29, 1.82) is 0 Å². The van der Waals surface area contributed by atoms with Gasteiger partial charge >= 0.3 is 0 Å². The predicted molar refractivity (Wildman–Crippen MR) is 68.2 cm³/mol. The normalized spacial score (nSPS) is 23.6. The highest BCUT2D eigenvalue weighted by atomic mass is 19.1. The number of methoxy groups -OCH3 is 2. The zero-order chi connectivity index (χ0) is 13.9. The van der Waals surface area contributed by atoms with Gasteiger partial charge in [0.15, 0.2) is 11.5 Å². The summed E-state index contributed by atoms with van der Waals surface area (Å²) in [5, 5.41) is 9.03. The number of aliphatic hydroxyl groups is 1. The highest BCUT2D eigenvalue weighted by Crippen LogP contribution is 2.32. The minimum absolute atomic E-state index is 0.214. The number of nitrogens with zero attached hydrogens (tertiary/aromatic N) is 2. The van der Waals surface area contributed by atoms with Crippen LogP contribution in [0.25, 0.3) is 0 Å². The van der Waals surface area contributed by atoms with Gasteiger partial charge in [-0.05, 0) is 6.42 Å². The standard InChI is InChI=1S/C13H19FN2O3/c1-18-11-3-5-15-10(12(11)19-2)7-16-6-4-13(14,8-16)9-17/h3,5,17H,4,6-9H2,1-2H3. The largest absolute Gasteiger partial charge is 0.493 e. The fourth-order valence-corrected chi connectivity index (χ4v) is 2.36. The maximum atomic E-state index is 14.0. The molecular formula is C13H19FN2O3. The molecular weight excluding hydrogens is 251 g/mol. The molecule has 5 nitrogen and oxygen atoms in total. The molecule has 6 heteroatoms. The molecule has 1 saturated heterocycles. The first-order chi connectivity index (χ1) is 9.11. The van der Waals surface area contributed by atoms with Crippen molar-refractivity contribution in [2.75, 3.05) is 33.9 Å². The van der Waals surface area contributed by atoms with E-state index in [1.807, 2.05) is 4.90 Å². The molecule has 2 rings (SSSR count). The third-order valence-corrected chi connectivity index (χ3v) is 3.41. The number of rotatable bonds is 5. The zero-order valence-corrected chi connectivity index (χ0v) is 11.2. The number of alkyl halides is 1. The Hall–Kier alpha value is -1.40. The first-order valence-corrected chi connectivity index (χ1v) is 6.20. The van der Waals surface area contributed by atoms with Gasteiger partial charge in [0, 0.05) is 31.9 Å². The Morgan fingerprint density at radius 2 is 2.26 bits per heavy atom.